The highest BCUT2D eigenvalue weighted by Gasteiger charge is 2.31. The number of benzene rings is 1. The van der Waals surface area contributed by atoms with Crippen LogP contribution in [0.5, 0.6) is 0 Å². The number of hydrogen-bond donors (Lipinski definition) is 3. The van der Waals surface area contributed by atoms with Gasteiger partial charge in [0.25, 0.3) is 5.91 Å². The molecule has 108 valence electrons. The van der Waals surface area contributed by atoms with E-state index in [0.717, 1.165) is 25.1 Å². The zero-order chi connectivity index (χ0) is 14.4. The van der Waals surface area contributed by atoms with Crippen molar-refractivity contribution in [2.75, 3.05) is 23.8 Å². The Morgan fingerprint density at radius 2 is 2.10 bits per heavy atom. The Morgan fingerprint density at radius 1 is 1.40 bits per heavy atom. The van der Waals surface area contributed by atoms with Crippen molar-refractivity contribution in [1.82, 2.24) is 0 Å². The Bertz CT molecular complexity index is 558. The van der Waals surface area contributed by atoms with E-state index in [9.17, 15) is 15.0 Å². The molecular weight excluding hydrogens is 280 g/mol. The van der Waals surface area contributed by atoms with Crippen LogP contribution >= 0.6 is 11.6 Å². The standard InChI is InChI=1S/C14H17ClN2O3/c1-17(6-7-2-8(18)3-7)12-5-11-9(4-10(12)15)13(19)14(20)16-11/h4-5,7-8,13,18-19H,2-3,6H2,1H3,(H,16,20). The Labute approximate surface area is 122 Å². The van der Waals surface area contributed by atoms with Crippen LogP contribution in [0.15, 0.2) is 12.1 Å². The van der Waals surface area contributed by atoms with E-state index in [1.54, 1.807) is 12.1 Å². The van der Waals surface area contributed by atoms with Crippen molar-refractivity contribution in [3.8, 4) is 0 Å². The quantitative estimate of drug-likeness (QED) is 0.791. The fourth-order valence-corrected chi connectivity index (χ4v) is 3.20. The van der Waals surface area contributed by atoms with Gasteiger partial charge in [0.2, 0.25) is 0 Å². The lowest BCUT2D eigenvalue weighted by Gasteiger charge is -2.35. The maximum atomic E-state index is 11.4. The summed E-state index contributed by atoms with van der Waals surface area (Å²) in [5.74, 6) is 0.0532. The highest BCUT2D eigenvalue weighted by molar-refractivity contribution is 6.33. The van der Waals surface area contributed by atoms with Gasteiger partial charge in [-0.25, -0.2) is 0 Å². The minimum atomic E-state index is -1.14. The summed E-state index contributed by atoms with van der Waals surface area (Å²) in [5.41, 5.74) is 1.96. The van der Waals surface area contributed by atoms with Crippen LogP contribution in [0.3, 0.4) is 0 Å². The van der Waals surface area contributed by atoms with Crippen LogP contribution < -0.4 is 10.2 Å². The largest absolute Gasteiger partial charge is 0.393 e. The average Bonchev–Trinajstić information content (AvgIpc) is 2.63. The summed E-state index contributed by atoms with van der Waals surface area (Å²) in [4.78, 5) is 13.5. The number of fused-ring (bicyclic) bond motifs is 1. The molecule has 0 saturated heterocycles. The number of aliphatic hydroxyl groups excluding tert-OH is 2. The van der Waals surface area contributed by atoms with E-state index in [1.165, 1.54) is 0 Å². The van der Waals surface area contributed by atoms with Crippen molar-refractivity contribution in [2.24, 2.45) is 5.92 Å². The maximum Gasteiger partial charge on any atom is 0.257 e. The third-order valence-corrected chi connectivity index (χ3v) is 4.38. The summed E-state index contributed by atoms with van der Waals surface area (Å²) in [6.07, 6.45) is 0.340. The van der Waals surface area contributed by atoms with Gasteiger partial charge in [-0.3, -0.25) is 4.79 Å². The topological polar surface area (TPSA) is 72.8 Å². The smallest absolute Gasteiger partial charge is 0.257 e. The van der Waals surface area contributed by atoms with E-state index in [0.29, 0.717) is 22.2 Å². The molecule has 1 aromatic carbocycles. The van der Waals surface area contributed by atoms with E-state index >= 15 is 0 Å². The van der Waals surface area contributed by atoms with Crippen molar-refractivity contribution < 1.29 is 15.0 Å². The molecule has 1 amide bonds. The van der Waals surface area contributed by atoms with E-state index in [4.69, 9.17) is 11.6 Å². The summed E-state index contributed by atoms with van der Waals surface area (Å²) >= 11 is 6.25. The summed E-state index contributed by atoms with van der Waals surface area (Å²) in [6.45, 7) is 0.812. The van der Waals surface area contributed by atoms with E-state index in [2.05, 4.69) is 5.32 Å². The van der Waals surface area contributed by atoms with E-state index < -0.39 is 12.0 Å². The van der Waals surface area contributed by atoms with E-state index in [-0.39, 0.29) is 6.10 Å². The number of hydrogen-bond acceptors (Lipinski definition) is 4. The van der Waals surface area contributed by atoms with Crippen LogP contribution in [-0.2, 0) is 4.79 Å². The van der Waals surface area contributed by atoms with Crippen LogP contribution in [0, 0.1) is 5.92 Å². The molecule has 1 saturated carbocycles. The first-order valence-electron chi connectivity index (χ1n) is 6.67. The second-order valence-corrected chi connectivity index (χ2v) is 6.06. The number of nitrogens with zero attached hydrogens (tertiary/aromatic N) is 1. The lowest BCUT2D eigenvalue weighted by atomic mass is 9.82. The van der Waals surface area contributed by atoms with Gasteiger partial charge in [-0.2, -0.15) is 0 Å². The molecule has 2 aliphatic rings. The molecule has 6 heteroatoms. The van der Waals surface area contributed by atoms with Gasteiger partial charge < -0.3 is 20.4 Å². The molecule has 1 aliphatic heterocycles. The third-order valence-electron chi connectivity index (χ3n) is 4.07. The molecule has 0 bridgehead atoms. The Hall–Kier alpha value is -1.30. The molecule has 1 heterocycles. The molecule has 20 heavy (non-hydrogen) atoms. The highest BCUT2D eigenvalue weighted by Crippen LogP contribution is 2.39. The molecule has 1 aromatic rings. The number of carbonyl (C=O) groups is 1. The molecule has 1 fully saturated rings. The van der Waals surface area contributed by atoms with Gasteiger partial charge in [0, 0.05) is 24.8 Å². The number of aliphatic hydroxyl groups is 2. The molecule has 5 nitrogen and oxygen atoms in total. The molecule has 3 rings (SSSR count). The SMILES string of the molecule is CN(CC1CC(O)C1)c1cc2c(cc1Cl)C(O)C(=O)N2. The number of halogens is 1. The molecule has 0 aromatic heterocycles. The van der Waals surface area contributed by atoms with E-state index in [1.807, 2.05) is 11.9 Å². The second kappa shape index (κ2) is 4.91. The molecular formula is C14H17ClN2O3. The summed E-state index contributed by atoms with van der Waals surface area (Å²) in [5, 5.41) is 22.2. The highest BCUT2D eigenvalue weighted by atomic mass is 35.5. The first-order chi connectivity index (χ1) is 9.45. The fourth-order valence-electron chi connectivity index (χ4n) is 2.88. The zero-order valence-electron chi connectivity index (χ0n) is 11.1. The van der Waals surface area contributed by atoms with Crippen molar-refractivity contribution in [3.05, 3.63) is 22.7 Å². The van der Waals surface area contributed by atoms with Gasteiger partial charge in [-0.1, -0.05) is 11.6 Å². The van der Waals surface area contributed by atoms with Gasteiger partial charge in [-0.15, -0.1) is 0 Å². The van der Waals surface area contributed by atoms with Gasteiger partial charge in [0.05, 0.1) is 16.8 Å². The molecule has 1 unspecified atom stereocenters. The van der Waals surface area contributed by atoms with Crippen LogP contribution in [0.25, 0.3) is 0 Å². The lowest BCUT2D eigenvalue weighted by Crippen LogP contribution is -2.37. The Kier molecular flexibility index (Phi) is 3.36. The zero-order valence-corrected chi connectivity index (χ0v) is 11.9. The normalized spacial score (nSPS) is 27.8. The first kappa shape index (κ1) is 13.7. The fraction of sp³-hybridized carbons (Fsp3) is 0.500. The summed E-state index contributed by atoms with van der Waals surface area (Å²) < 4.78 is 0. The third kappa shape index (κ3) is 2.26. The second-order valence-electron chi connectivity index (χ2n) is 5.65. The van der Waals surface area contributed by atoms with Gasteiger partial charge in [0.15, 0.2) is 6.10 Å². The van der Waals surface area contributed by atoms with Crippen LogP contribution in [0.4, 0.5) is 11.4 Å². The number of amides is 1. The van der Waals surface area contributed by atoms with Crippen molar-refractivity contribution >= 4 is 28.9 Å². The number of anilines is 2. The average molecular weight is 297 g/mol. The van der Waals surface area contributed by atoms with Gasteiger partial charge >= 0.3 is 0 Å². The van der Waals surface area contributed by atoms with Crippen molar-refractivity contribution in [1.29, 1.82) is 0 Å². The number of nitrogens with one attached hydrogen (secondary N) is 1. The minimum absolute atomic E-state index is 0.168. The number of carbonyl (C=O) groups excluding carboxylic acids is 1. The van der Waals surface area contributed by atoms with Crippen LogP contribution in [0.2, 0.25) is 5.02 Å². The summed E-state index contributed by atoms with van der Waals surface area (Å²) in [6, 6.07) is 3.43. The monoisotopic (exact) mass is 296 g/mol. The Morgan fingerprint density at radius 3 is 2.75 bits per heavy atom. The van der Waals surface area contributed by atoms with Gasteiger partial charge in [-0.05, 0) is 30.9 Å². The van der Waals surface area contributed by atoms with Crippen LogP contribution in [-0.4, -0.2) is 35.8 Å². The lowest BCUT2D eigenvalue weighted by molar-refractivity contribution is -0.123. The summed E-state index contributed by atoms with van der Waals surface area (Å²) in [7, 11) is 1.94. The van der Waals surface area contributed by atoms with Crippen molar-refractivity contribution in [2.45, 2.75) is 25.0 Å². The molecule has 1 atom stereocenters. The Balaban J connectivity index is 1.80. The number of rotatable bonds is 3. The minimum Gasteiger partial charge on any atom is -0.393 e. The molecule has 1 aliphatic carbocycles. The predicted molar refractivity (Wildman–Crippen MR) is 77.0 cm³/mol. The molecule has 3 N–H and O–H groups in total. The van der Waals surface area contributed by atoms with Crippen LogP contribution in [0.1, 0.15) is 24.5 Å². The predicted octanol–water partition coefficient (Wildman–Crippen LogP) is 1.53. The van der Waals surface area contributed by atoms with Gasteiger partial charge in [0.1, 0.15) is 0 Å². The van der Waals surface area contributed by atoms with Crippen molar-refractivity contribution in [3.63, 3.8) is 0 Å². The molecule has 0 radical (unpaired) electrons. The first-order valence-corrected chi connectivity index (χ1v) is 7.05. The maximum absolute atomic E-state index is 11.4. The molecule has 0 spiro atoms.